The van der Waals surface area contributed by atoms with E-state index >= 15 is 0 Å². The van der Waals surface area contributed by atoms with E-state index in [0.29, 0.717) is 71.6 Å². The van der Waals surface area contributed by atoms with E-state index in [1.165, 1.54) is 23.5 Å². The molecule has 1 unspecified atom stereocenters. The van der Waals surface area contributed by atoms with Gasteiger partial charge in [0.15, 0.2) is 0 Å². The first kappa shape index (κ1) is 27.8. The Labute approximate surface area is 250 Å². The molecule has 2 fully saturated rings. The van der Waals surface area contributed by atoms with Crippen LogP contribution in [0, 0.1) is 12.7 Å². The molecule has 2 aromatic heterocycles. The van der Waals surface area contributed by atoms with Crippen LogP contribution in [0.15, 0.2) is 48.7 Å². The van der Waals surface area contributed by atoms with Crippen molar-refractivity contribution in [2.75, 3.05) is 19.6 Å². The minimum atomic E-state index is -0.412. The first-order chi connectivity index (χ1) is 19.7. The Morgan fingerprint density at radius 2 is 1.76 bits per heavy atom. The van der Waals surface area contributed by atoms with Gasteiger partial charge in [-0.2, -0.15) is 0 Å². The number of aromatic nitrogens is 4. The van der Waals surface area contributed by atoms with Gasteiger partial charge >= 0.3 is 0 Å². The number of hydrogen-bond acceptors (Lipinski definition) is 6. The summed E-state index contributed by atoms with van der Waals surface area (Å²) < 4.78 is 14.9. The lowest BCUT2D eigenvalue weighted by molar-refractivity contribution is -0.133. The van der Waals surface area contributed by atoms with E-state index in [9.17, 15) is 14.0 Å². The van der Waals surface area contributed by atoms with E-state index in [-0.39, 0.29) is 23.7 Å². The van der Waals surface area contributed by atoms with Gasteiger partial charge in [-0.3, -0.25) is 9.59 Å². The molecule has 0 saturated carbocycles. The lowest BCUT2D eigenvalue weighted by atomic mass is 10.0. The van der Waals surface area contributed by atoms with E-state index < -0.39 is 6.04 Å². The summed E-state index contributed by atoms with van der Waals surface area (Å²) in [5.41, 5.74) is 3.01. The van der Waals surface area contributed by atoms with Gasteiger partial charge < -0.3 is 9.80 Å². The van der Waals surface area contributed by atoms with Crippen molar-refractivity contribution >= 4 is 46.4 Å². The standard InChI is InChI=1S/C29H27Cl2FN6O2S/c1-17-27(41-26(33-17)12-18-2-4-22(32)5-3-18)29(40)36-9-6-23(7-10-36)37-11-8-25(28(37)39)38-16-24(34-35-38)19-13-20(30)15-21(31)14-19/h2-5,13-16,23,25H,6-12H2,1H3. The topological polar surface area (TPSA) is 84.2 Å². The maximum Gasteiger partial charge on any atom is 0.265 e. The van der Waals surface area contributed by atoms with Crippen LogP contribution in [-0.2, 0) is 11.2 Å². The second-order valence-corrected chi connectivity index (χ2v) is 12.4. The Bertz CT molecular complexity index is 1580. The van der Waals surface area contributed by atoms with E-state index in [4.69, 9.17) is 23.2 Å². The van der Waals surface area contributed by atoms with Gasteiger partial charge in [-0.05, 0) is 62.1 Å². The molecule has 41 heavy (non-hydrogen) atoms. The van der Waals surface area contributed by atoms with Crippen LogP contribution in [0.2, 0.25) is 10.0 Å². The lowest BCUT2D eigenvalue weighted by Crippen LogP contribution is -2.47. The monoisotopic (exact) mass is 612 g/mol. The highest BCUT2D eigenvalue weighted by atomic mass is 35.5. The fourth-order valence-corrected chi connectivity index (χ4v) is 7.18. The van der Waals surface area contributed by atoms with Crippen LogP contribution in [0.25, 0.3) is 11.3 Å². The van der Waals surface area contributed by atoms with Gasteiger partial charge in [-0.1, -0.05) is 40.5 Å². The minimum Gasteiger partial charge on any atom is -0.338 e. The summed E-state index contributed by atoms with van der Waals surface area (Å²) in [5.74, 6) is -0.272. The zero-order chi connectivity index (χ0) is 28.7. The van der Waals surface area contributed by atoms with Crippen LogP contribution < -0.4 is 0 Å². The fourth-order valence-electron chi connectivity index (χ4n) is 5.58. The molecule has 2 amide bonds. The number of piperidine rings is 1. The molecule has 1 atom stereocenters. The number of likely N-dealkylation sites (tertiary alicyclic amines) is 2. The summed E-state index contributed by atoms with van der Waals surface area (Å²) in [6.07, 6.45) is 4.40. The smallest absolute Gasteiger partial charge is 0.265 e. The number of carbonyl (C=O) groups is 2. The number of rotatable bonds is 6. The molecule has 6 rings (SSSR count). The molecule has 4 heterocycles. The Morgan fingerprint density at radius 1 is 1.05 bits per heavy atom. The predicted octanol–water partition coefficient (Wildman–Crippen LogP) is 5.82. The van der Waals surface area contributed by atoms with Gasteiger partial charge in [0, 0.05) is 47.7 Å². The Balaban J connectivity index is 1.06. The van der Waals surface area contributed by atoms with Crippen LogP contribution in [0.4, 0.5) is 4.39 Å². The largest absolute Gasteiger partial charge is 0.338 e. The summed E-state index contributed by atoms with van der Waals surface area (Å²) in [6, 6.07) is 11.2. The Morgan fingerprint density at radius 3 is 2.46 bits per heavy atom. The molecule has 212 valence electrons. The maximum absolute atomic E-state index is 13.4. The van der Waals surface area contributed by atoms with E-state index in [2.05, 4.69) is 15.3 Å². The molecule has 0 N–H and O–H groups in total. The van der Waals surface area contributed by atoms with Gasteiger partial charge in [0.1, 0.15) is 22.4 Å². The summed E-state index contributed by atoms with van der Waals surface area (Å²) in [4.78, 5) is 35.8. The van der Waals surface area contributed by atoms with Crippen molar-refractivity contribution in [3.63, 3.8) is 0 Å². The number of aryl methyl sites for hydroxylation is 1. The number of hydrogen-bond donors (Lipinski definition) is 0. The molecule has 4 aromatic rings. The number of nitrogens with zero attached hydrogens (tertiary/aromatic N) is 6. The third-order valence-corrected chi connectivity index (χ3v) is 9.28. The third-order valence-electron chi connectivity index (χ3n) is 7.70. The van der Waals surface area contributed by atoms with Gasteiger partial charge in [0.2, 0.25) is 5.91 Å². The van der Waals surface area contributed by atoms with Crippen molar-refractivity contribution in [3.8, 4) is 11.3 Å². The maximum atomic E-state index is 13.4. The van der Waals surface area contributed by atoms with Gasteiger partial charge in [-0.25, -0.2) is 14.1 Å². The molecule has 2 aromatic carbocycles. The summed E-state index contributed by atoms with van der Waals surface area (Å²) in [7, 11) is 0. The van der Waals surface area contributed by atoms with Crippen LogP contribution >= 0.6 is 34.5 Å². The van der Waals surface area contributed by atoms with E-state index in [1.54, 1.807) is 41.2 Å². The average Bonchev–Trinajstić information content (AvgIpc) is 3.68. The van der Waals surface area contributed by atoms with Crippen LogP contribution in [-0.4, -0.2) is 67.3 Å². The van der Waals surface area contributed by atoms with E-state index in [1.807, 2.05) is 16.7 Å². The first-order valence-electron chi connectivity index (χ1n) is 13.4. The summed E-state index contributed by atoms with van der Waals surface area (Å²) in [5, 5.41) is 10.3. The number of thiazole rings is 1. The zero-order valence-electron chi connectivity index (χ0n) is 22.3. The molecule has 2 saturated heterocycles. The van der Waals surface area contributed by atoms with E-state index in [0.717, 1.165) is 16.1 Å². The molecule has 0 aliphatic carbocycles. The van der Waals surface area contributed by atoms with Crippen molar-refractivity contribution < 1.29 is 14.0 Å². The van der Waals surface area contributed by atoms with Crippen LogP contribution in [0.1, 0.15) is 51.2 Å². The molecule has 8 nitrogen and oxygen atoms in total. The lowest BCUT2D eigenvalue weighted by Gasteiger charge is -2.36. The highest BCUT2D eigenvalue weighted by molar-refractivity contribution is 7.13. The van der Waals surface area contributed by atoms with Crippen molar-refractivity contribution in [2.45, 2.75) is 44.7 Å². The van der Waals surface area contributed by atoms with Crippen molar-refractivity contribution in [2.24, 2.45) is 0 Å². The number of benzene rings is 2. The molecule has 2 aliphatic heterocycles. The predicted molar refractivity (Wildman–Crippen MR) is 156 cm³/mol. The average molecular weight is 614 g/mol. The van der Waals surface area contributed by atoms with Crippen molar-refractivity contribution in [1.29, 1.82) is 0 Å². The molecule has 0 radical (unpaired) electrons. The summed E-state index contributed by atoms with van der Waals surface area (Å²) in [6.45, 7) is 3.64. The van der Waals surface area contributed by atoms with Gasteiger partial charge in [-0.15, -0.1) is 16.4 Å². The highest BCUT2D eigenvalue weighted by Gasteiger charge is 2.39. The Kier molecular flexibility index (Phi) is 7.80. The number of halogens is 3. The minimum absolute atomic E-state index is 0.0225. The summed E-state index contributed by atoms with van der Waals surface area (Å²) >= 11 is 13.7. The van der Waals surface area contributed by atoms with Gasteiger partial charge in [0.25, 0.3) is 5.91 Å². The number of amides is 2. The third kappa shape index (κ3) is 5.86. The normalized spacial score (nSPS) is 18.0. The Hall–Kier alpha value is -3.34. The molecule has 12 heteroatoms. The zero-order valence-corrected chi connectivity index (χ0v) is 24.6. The highest BCUT2D eigenvalue weighted by Crippen LogP contribution is 2.31. The quantitative estimate of drug-likeness (QED) is 0.274. The van der Waals surface area contributed by atoms with Crippen LogP contribution in [0.3, 0.4) is 0 Å². The molecule has 0 bridgehead atoms. The molecule has 2 aliphatic rings. The fraction of sp³-hybridized carbons (Fsp3) is 0.345. The first-order valence-corrected chi connectivity index (χ1v) is 15.0. The molecular formula is C29H27Cl2FN6O2S. The van der Waals surface area contributed by atoms with Gasteiger partial charge in [0.05, 0.1) is 16.9 Å². The molecule has 0 spiro atoms. The van der Waals surface area contributed by atoms with Crippen LogP contribution in [0.5, 0.6) is 0 Å². The second-order valence-electron chi connectivity index (χ2n) is 10.4. The van der Waals surface area contributed by atoms with Crippen molar-refractivity contribution in [3.05, 3.63) is 85.7 Å². The SMILES string of the molecule is Cc1nc(Cc2ccc(F)cc2)sc1C(=O)N1CCC(N2CCC(n3cc(-c4cc(Cl)cc(Cl)c4)nn3)C2=O)CC1. The number of carbonyl (C=O) groups excluding carboxylic acids is 2. The van der Waals surface area contributed by atoms with Crippen molar-refractivity contribution in [1.82, 2.24) is 29.8 Å². The second kappa shape index (κ2) is 11.5. The molecular weight excluding hydrogens is 586 g/mol.